The molecule has 2 amide bonds. The highest BCUT2D eigenvalue weighted by Gasteiger charge is 2.20. The largest absolute Gasteiger partial charge is 0.508 e. The van der Waals surface area contributed by atoms with E-state index >= 15 is 0 Å². The van der Waals surface area contributed by atoms with Crippen molar-refractivity contribution < 1.29 is 19.9 Å². The van der Waals surface area contributed by atoms with Gasteiger partial charge in [-0.15, -0.1) is 0 Å². The summed E-state index contributed by atoms with van der Waals surface area (Å²) in [5.74, 6) is -1.14. The van der Waals surface area contributed by atoms with Crippen LogP contribution in [-0.2, 0) is 16.0 Å². The van der Waals surface area contributed by atoms with Gasteiger partial charge in [0.1, 0.15) is 11.8 Å². The molecule has 0 aromatic heterocycles. The first-order valence-electron chi connectivity index (χ1n) is 6.80. The van der Waals surface area contributed by atoms with Crippen LogP contribution >= 0.6 is 11.8 Å². The highest BCUT2D eigenvalue weighted by atomic mass is 32.2. The lowest BCUT2D eigenvalue weighted by Gasteiger charge is -2.26. The predicted molar refractivity (Wildman–Crippen MR) is 86.9 cm³/mol. The molecule has 1 aliphatic rings. The number of rotatable bonds is 5. The molecule has 0 radical (unpaired) electrons. The number of carbonyl (C=O) groups excluding carboxylic acids is 2. The van der Waals surface area contributed by atoms with Gasteiger partial charge in [-0.3, -0.25) is 14.8 Å². The molecule has 1 aromatic carbocycles. The van der Waals surface area contributed by atoms with Gasteiger partial charge in [-0.1, -0.05) is 23.9 Å². The Balaban J connectivity index is 2.39. The quantitative estimate of drug-likeness (QED) is 0.473. The highest BCUT2D eigenvalue weighted by molar-refractivity contribution is 8.11. The molecule has 0 bridgehead atoms. The number of nitrogens with one attached hydrogen (secondary N) is 1. The molecular weight excluding hydrogens is 318 g/mol. The van der Waals surface area contributed by atoms with Crippen molar-refractivity contribution in [3.63, 3.8) is 0 Å². The van der Waals surface area contributed by atoms with E-state index in [4.69, 9.17) is 10.9 Å². The van der Waals surface area contributed by atoms with Gasteiger partial charge in [-0.2, -0.15) is 0 Å². The molecule has 0 saturated heterocycles. The van der Waals surface area contributed by atoms with Crippen molar-refractivity contribution >= 4 is 28.5 Å². The van der Waals surface area contributed by atoms with Gasteiger partial charge in [0, 0.05) is 22.9 Å². The molecule has 1 aromatic rings. The summed E-state index contributed by atoms with van der Waals surface area (Å²) in [5, 5.41) is 20.5. The van der Waals surface area contributed by atoms with Crippen LogP contribution in [0.2, 0.25) is 0 Å². The van der Waals surface area contributed by atoms with E-state index in [2.05, 4.69) is 0 Å². The number of benzene rings is 1. The number of phenols is 1. The van der Waals surface area contributed by atoms with Gasteiger partial charge in [-0.05, 0) is 24.0 Å². The van der Waals surface area contributed by atoms with E-state index in [-0.39, 0.29) is 12.2 Å². The van der Waals surface area contributed by atoms with Crippen molar-refractivity contribution in [2.45, 2.75) is 19.4 Å². The summed E-state index contributed by atoms with van der Waals surface area (Å²) in [6.07, 6.45) is 3.28. The molecule has 122 valence electrons. The highest BCUT2D eigenvalue weighted by Crippen LogP contribution is 2.37. The zero-order valence-corrected chi connectivity index (χ0v) is 13.2. The van der Waals surface area contributed by atoms with Crippen LogP contribution < -0.4 is 11.2 Å². The lowest BCUT2D eigenvalue weighted by Crippen LogP contribution is -2.37. The molecule has 8 heteroatoms. The van der Waals surface area contributed by atoms with E-state index in [1.807, 2.05) is 0 Å². The summed E-state index contributed by atoms with van der Waals surface area (Å²) in [7, 11) is 0. The number of aromatic hydroxyl groups is 1. The molecule has 1 aliphatic heterocycles. The molecule has 5 N–H and O–H groups in total. The van der Waals surface area contributed by atoms with Crippen molar-refractivity contribution in [2.75, 3.05) is 0 Å². The maximum Gasteiger partial charge on any atom is 0.247 e. The monoisotopic (exact) mass is 335 g/mol. The number of nitrogens with zero attached hydrogens (tertiary/aromatic N) is 1. The number of primary amides is 1. The summed E-state index contributed by atoms with van der Waals surface area (Å²) in [6.45, 7) is 1.68. The molecule has 23 heavy (non-hydrogen) atoms. The topological polar surface area (TPSA) is 116 Å². The maximum atomic E-state index is 11.4. The first-order valence-corrected chi connectivity index (χ1v) is 7.68. The lowest BCUT2D eigenvalue weighted by molar-refractivity contribution is -0.128. The van der Waals surface area contributed by atoms with Gasteiger partial charge >= 0.3 is 0 Å². The van der Waals surface area contributed by atoms with E-state index in [1.165, 1.54) is 17.8 Å². The number of hydrogen-bond donors (Lipinski definition) is 4. The van der Waals surface area contributed by atoms with Crippen LogP contribution in [-0.4, -0.2) is 33.1 Å². The minimum Gasteiger partial charge on any atom is -0.508 e. The average molecular weight is 335 g/mol. The first kappa shape index (κ1) is 16.9. The summed E-state index contributed by atoms with van der Waals surface area (Å²) < 4.78 is 0. The SMILES string of the molecule is CC(C(N)=O)N1C=CSC(c2cccc(O)c2CC(=O)NO)=C1. The standard InChI is InChI=1S/C15H17N3O4S/c1-9(15(16)21)18-5-6-23-13(8-18)10-3-2-4-12(19)11(10)7-14(20)17-22/h2-6,8-9,19,22H,7H2,1H3,(H2,16,21)(H,17,20). The van der Waals surface area contributed by atoms with Crippen molar-refractivity contribution in [2.24, 2.45) is 5.73 Å². The number of hydrogen-bond acceptors (Lipinski definition) is 6. The van der Waals surface area contributed by atoms with Gasteiger partial charge in [-0.25, -0.2) is 5.48 Å². The van der Waals surface area contributed by atoms with Crippen molar-refractivity contribution in [3.05, 3.63) is 47.1 Å². The fraction of sp³-hybridized carbons (Fsp3) is 0.200. The fourth-order valence-corrected chi connectivity index (χ4v) is 2.94. The molecular formula is C15H17N3O4S. The molecule has 1 heterocycles. The van der Waals surface area contributed by atoms with E-state index in [1.54, 1.807) is 47.2 Å². The van der Waals surface area contributed by atoms with Gasteiger partial charge in [0.15, 0.2) is 0 Å². The van der Waals surface area contributed by atoms with Crippen molar-refractivity contribution in [1.82, 2.24) is 10.4 Å². The smallest absolute Gasteiger partial charge is 0.247 e. The number of carbonyl (C=O) groups is 2. The van der Waals surface area contributed by atoms with Crippen LogP contribution in [0, 0.1) is 0 Å². The zero-order chi connectivity index (χ0) is 17.0. The molecule has 0 spiro atoms. The molecule has 1 unspecified atom stereocenters. The third-order valence-corrected chi connectivity index (χ3v) is 4.27. The minimum atomic E-state index is -0.632. The molecule has 2 rings (SSSR count). The van der Waals surface area contributed by atoms with Crippen LogP contribution in [0.3, 0.4) is 0 Å². The second kappa shape index (κ2) is 7.21. The predicted octanol–water partition coefficient (Wildman–Crippen LogP) is 1.13. The normalized spacial score (nSPS) is 15.0. The summed E-state index contributed by atoms with van der Waals surface area (Å²) in [5.41, 5.74) is 7.90. The number of amides is 2. The van der Waals surface area contributed by atoms with Gasteiger partial charge in [0.25, 0.3) is 0 Å². The van der Waals surface area contributed by atoms with Gasteiger partial charge < -0.3 is 15.7 Å². The average Bonchev–Trinajstić information content (AvgIpc) is 2.55. The van der Waals surface area contributed by atoms with Crippen LogP contribution in [0.25, 0.3) is 4.91 Å². The number of phenolic OH excluding ortho intramolecular Hbond substituents is 1. The molecule has 0 saturated carbocycles. The number of thioether (sulfide) groups is 1. The Kier molecular flexibility index (Phi) is 5.30. The second-order valence-electron chi connectivity index (χ2n) is 4.94. The lowest BCUT2D eigenvalue weighted by atomic mass is 10.0. The Labute approximate surface area is 137 Å². The van der Waals surface area contributed by atoms with E-state index < -0.39 is 17.9 Å². The molecule has 1 atom stereocenters. The van der Waals surface area contributed by atoms with Crippen LogP contribution in [0.4, 0.5) is 0 Å². The third kappa shape index (κ3) is 3.85. The molecule has 7 nitrogen and oxygen atoms in total. The zero-order valence-electron chi connectivity index (χ0n) is 12.4. The van der Waals surface area contributed by atoms with Gasteiger partial charge in [0.05, 0.1) is 6.42 Å². The van der Waals surface area contributed by atoms with Crippen molar-refractivity contribution in [1.29, 1.82) is 0 Å². The Morgan fingerprint density at radius 2 is 2.17 bits per heavy atom. The maximum absolute atomic E-state index is 11.4. The Hall–Kier alpha value is -2.45. The molecule has 0 aliphatic carbocycles. The van der Waals surface area contributed by atoms with Crippen LogP contribution in [0.15, 0.2) is 36.0 Å². The van der Waals surface area contributed by atoms with Crippen molar-refractivity contribution in [3.8, 4) is 5.75 Å². The minimum absolute atomic E-state index is 0.0448. The van der Waals surface area contributed by atoms with E-state index in [9.17, 15) is 14.7 Å². The van der Waals surface area contributed by atoms with Crippen LogP contribution in [0.5, 0.6) is 5.75 Å². The second-order valence-corrected chi connectivity index (χ2v) is 5.88. The summed E-state index contributed by atoms with van der Waals surface area (Å²) >= 11 is 1.39. The van der Waals surface area contributed by atoms with Gasteiger partial charge in [0.2, 0.25) is 11.8 Å². The van der Waals surface area contributed by atoms with E-state index in [0.717, 1.165) is 4.91 Å². The summed E-state index contributed by atoms with van der Waals surface area (Å²) in [6, 6.07) is 4.36. The Morgan fingerprint density at radius 1 is 1.43 bits per heavy atom. The van der Waals surface area contributed by atoms with Crippen LogP contribution in [0.1, 0.15) is 18.1 Å². The fourth-order valence-electron chi connectivity index (χ4n) is 2.10. The molecule has 0 fully saturated rings. The Morgan fingerprint density at radius 3 is 2.83 bits per heavy atom. The summed E-state index contributed by atoms with van der Waals surface area (Å²) in [4.78, 5) is 25.2. The number of hydroxylamine groups is 1. The number of nitrogens with two attached hydrogens (primary N) is 1. The Bertz CT molecular complexity index is 687. The third-order valence-electron chi connectivity index (χ3n) is 3.43. The van der Waals surface area contributed by atoms with E-state index in [0.29, 0.717) is 11.1 Å². The first-order chi connectivity index (χ1) is 10.9.